The van der Waals surface area contributed by atoms with Crippen molar-refractivity contribution in [1.82, 2.24) is 0 Å². The molecule has 1 aliphatic carbocycles. The molecule has 146 valence electrons. The third kappa shape index (κ3) is 4.39. The molecule has 0 aromatic heterocycles. The number of fused-ring (bicyclic) bond motifs is 1. The van der Waals surface area contributed by atoms with Gasteiger partial charge < -0.3 is 15.2 Å². The lowest BCUT2D eigenvalue weighted by Crippen LogP contribution is -2.14. The van der Waals surface area contributed by atoms with Crippen LogP contribution in [0.2, 0.25) is 0 Å². The number of ketones is 1. The number of carbonyl (C=O) groups is 3. The highest BCUT2D eigenvalue weighted by Crippen LogP contribution is 2.28. The van der Waals surface area contributed by atoms with Gasteiger partial charge >= 0.3 is 5.97 Å². The van der Waals surface area contributed by atoms with Crippen molar-refractivity contribution in [2.75, 3.05) is 12.4 Å². The van der Waals surface area contributed by atoms with Crippen molar-refractivity contribution >= 4 is 23.3 Å². The van der Waals surface area contributed by atoms with E-state index < -0.39 is 11.9 Å². The zero-order chi connectivity index (χ0) is 20.1. The van der Waals surface area contributed by atoms with E-state index in [0.717, 1.165) is 19.3 Å². The van der Waals surface area contributed by atoms with E-state index in [1.54, 1.807) is 0 Å². The summed E-state index contributed by atoms with van der Waals surface area (Å²) in [7, 11) is 1.21. The van der Waals surface area contributed by atoms with Crippen molar-refractivity contribution in [2.24, 2.45) is 0 Å². The zero-order valence-corrected chi connectivity index (χ0v) is 15.8. The fourth-order valence-electron chi connectivity index (χ4n) is 3.41. The second kappa shape index (κ2) is 8.69. The summed E-state index contributed by atoms with van der Waals surface area (Å²) < 4.78 is 4.59. The van der Waals surface area contributed by atoms with E-state index in [0.29, 0.717) is 5.56 Å². The Morgan fingerprint density at radius 2 is 1.79 bits per heavy atom. The van der Waals surface area contributed by atoms with Crippen molar-refractivity contribution in [3.8, 4) is 5.75 Å². The molecular weight excluding hydrogens is 358 g/mol. The minimum Gasteiger partial charge on any atom is -0.505 e. The minimum atomic E-state index is -0.698. The Labute approximate surface area is 163 Å². The van der Waals surface area contributed by atoms with Crippen molar-refractivity contribution in [1.29, 1.82) is 0 Å². The molecule has 0 aliphatic heterocycles. The summed E-state index contributed by atoms with van der Waals surface area (Å²) in [6, 6.07) is 10.2. The molecule has 1 amide bonds. The van der Waals surface area contributed by atoms with Gasteiger partial charge in [-0.2, -0.15) is 0 Å². The molecule has 2 N–H and O–H groups in total. The number of hydrogen-bond donors (Lipinski definition) is 2. The molecule has 0 fully saturated rings. The van der Waals surface area contributed by atoms with Crippen LogP contribution in [0.15, 0.2) is 36.4 Å². The Morgan fingerprint density at radius 1 is 1.04 bits per heavy atom. The maximum absolute atomic E-state index is 12.4. The number of ether oxygens (including phenoxy) is 1. The van der Waals surface area contributed by atoms with Gasteiger partial charge in [0.1, 0.15) is 5.56 Å². The number of benzene rings is 2. The summed E-state index contributed by atoms with van der Waals surface area (Å²) in [5.41, 5.74) is 3.23. The molecule has 2 aromatic rings. The van der Waals surface area contributed by atoms with Crippen LogP contribution in [0.4, 0.5) is 5.69 Å². The van der Waals surface area contributed by atoms with Crippen LogP contribution < -0.4 is 5.32 Å². The minimum absolute atomic E-state index is 0.0161. The zero-order valence-electron chi connectivity index (χ0n) is 15.8. The quantitative estimate of drug-likeness (QED) is 0.453. The Hall–Kier alpha value is -3.15. The van der Waals surface area contributed by atoms with Crippen LogP contribution in [-0.4, -0.2) is 29.9 Å². The average Bonchev–Trinajstić information content (AvgIpc) is 2.72. The second-order valence-electron chi connectivity index (χ2n) is 6.86. The summed E-state index contributed by atoms with van der Waals surface area (Å²) in [5, 5.41) is 12.7. The van der Waals surface area contributed by atoms with Gasteiger partial charge in [-0.05, 0) is 55.0 Å². The number of rotatable bonds is 6. The maximum Gasteiger partial charge on any atom is 0.341 e. The molecule has 0 unspecified atom stereocenters. The molecule has 2 aromatic carbocycles. The van der Waals surface area contributed by atoms with Gasteiger partial charge in [-0.3, -0.25) is 9.59 Å². The van der Waals surface area contributed by atoms with Gasteiger partial charge in [-0.15, -0.1) is 0 Å². The molecule has 3 rings (SSSR count). The van der Waals surface area contributed by atoms with Crippen molar-refractivity contribution < 1.29 is 24.2 Å². The van der Waals surface area contributed by atoms with Gasteiger partial charge in [-0.25, -0.2) is 4.79 Å². The molecule has 6 nitrogen and oxygen atoms in total. The Bertz CT molecular complexity index is 919. The van der Waals surface area contributed by atoms with Gasteiger partial charge in [0.2, 0.25) is 5.91 Å². The van der Waals surface area contributed by atoms with Gasteiger partial charge in [0, 0.05) is 18.4 Å². The van der Waals surface area contributed by atoms with Gasteiger partial charge in [0.25, 0.3) is 0 Å². The molecule has 1 aliphatic rings. The number of phenols is 1. The van der Waals surface area contributed by atoms with E-state index in [4.69, 9.17) is 0 Å². The lowest BCUT2D eigenvalue weighted by Gasteiger charge is -2.16. The molecule has 0 radical (unpaired) electrons. The predicted molar refractivity (Wildman–Crippen MR) is 105 cm³/mol. The number of carbonyl (C=O) groups excluding carboxylic acids is 3. The van der Waals surface area contributed by atoms with E-state index in [2.05, 4.69) is 10.1 Å². The number of anilines is 1. The lowest BCUT2D eigenvalue weighted by molar-refractivity contribution is -0.116. The summed E-state index contributed by atoms with van der Waals surface area (Å²) in [5.74, 6) is -1.56. The molecule has 0 saturated carbocycles. The number of nitrogens with one attached hydrogen (secondary N) is 1. The molecule has 0 heterocycles. The number of aromatic hydroxyl groups is 1. The highest BCUT2D eigenvalue weighted by atomic mass is 16.5. The molecular formula is C22H23NO5. The molecule has 28 heavy (non-hydrogen) atoms. The summed E-state index contributed by atoms with van der Waals surface area (Å²) in [4.78, 5) is 36.2. The number of hydrogen-bond acceptors (Lipinski definition) is 5. The topological polar surface area (TPSA) is 92.7 Å². The number of amides is 1. The number of phenolic OH excluding ortho intramolecular Hbond substituents is 1. The highest BCUT2D eigenvalue weighted by molar-refractivity contribution is 6.02. The third-order valence-corrected chi connectivity index (χ3v) is 4.97. The number of methoxy groups -OCH3 is 1. The molecule has 0 atom stereocenters. The first-order chi connectivity index (χ1) is 13.5. The van der Waals surface area contributed by atoms with Gasteiger partial charge in [0.05, 0.1) is 12.8 Å². The van der Waals surface area contributed by atoms with Crippen LogP contribution in [-0.2, 0) is 22.4 Å². The average molecular weight is 381 g/mol. The second-order valence-corrected chi connectivity index (χ2v) is 6.86. The molecule has 0 spiro atoms. The Morgan fingerprint density at radius 3 is 2.54 bits per heavy atom. The number of aryl methyl sites for hydroxylation is 2. The van der Waals surface area contributed by atoms with E-state index in [1.807, 2.05) is 18.2 Å². The van der Waals surface area contributed by atoms with E-state index in [9.17, 15) is 19.5 Å². The Kier molecular flexibility index (Phi) is 6.09. The molecule has 0 saturated heterocycles. The SMILES string of the molecule is COC(=O)c1cccc(NC(=O)CCC(=O)c2ccc3c(c2)CCCC3)c1O. The fraction of sp³-hybridized carbons (Fsp3) is 0.318. The van der Waals surface area contributed by atoms with Gasteiger partial charge in [-0.1, -0.05) is 18.2 Å². The van der Waals surface area contributed by atoms with Crippen LogP contribution in [0, 0.1) is 0 Å². The largest absolute Gasteiger partial charge is 0.505 e. The predicted octanol–water partition coefficient (Wildman–Crippen LogP) is 3.66. The summed E-state index contributed by atoms with van der Waals surface area (Å²) in [6.07, 6.45) is 4.43. The van der Waals surface area contributed by atoms with E-state index >= 15 is 0 Å². The van der Waals surface area contributed by atoms with E-state index in [-0.39, 0.29) is 35.6 Å². The standard InChI is InChI=1S/C22H23NO5/c1-28-22(27)17-7-4-8-18(21(17)26)23-20(25)12-11-19(24)16-10-9-14-5-2-3-6-15(14)13-16/h4,7-10,13,26H,2-3,5-6,11-12H2,1H3,(H,23,25). The third-order valence-electron chi connectivity index (χ3n) is 4.97. The summed E-state index contributed by atoms with van der Waals surface area (Å²) >= 11 is 0. The van der Waals surface area contributed by atoms with Crippen LogP contribution >= 0.6 is 0 Å². The number of Topliss-reactive ketones (excluding diaryl/α,β-unsaturated/α-hetero) is 1. The van der Waals surface area contributed by atoms with E-state index in [1.165, 1.54) is 42.9 Å². The van der Waals surface area contributed by atoms with Crippen molar-refractivity contribution in [3.63, 3.8) is 0 Å². The normalized spacial score (nSPS) is 12.8. The first kappa shape index (κ1) is 19.6. The smallest absolute Gasteiger partial charge is 0.341 e. The van der Waals surface area contributed by atoms with Crippen LogP contribution in [0.3, 0.4) is 0 Å². The fourth-order valence-corrected chi connectivity index (χ4v) is 3.41. The number of esters is 1. The van der Waals surface area contributed by atoms with Crippen molar-refractivity contribution in [3.05, 3.63) is 58.7 Å². The highest BCUT2D eigenvalue weighted by Gasteiger charge is 2.17. The Balaban J connectivity index is 1.60. The lowest BCUT2D eigenvalue weighted by atomic mass is 9.89. The molecule has 0 bridgehead atoms. The number of para-hydroxylation sites is 1. The van der Waals surface area contributed by atoms with Crippen LogP contribution in [0.1, 0.15) is 57.5 Å². The summed E-state index contributed by atoms with van der Waals surface area (Å²) in [6.45, 7) is 0. The van der Waals surface area contributed by atoms with Crippen LogP contribution in [0.25, 0.3) is 0 Å². The first-order valence-electron chi connectivity index (χ1n) is 9.34. The molecule has 6 heteroatoms. The first-order valence-corrected chi connectivity index (χ1v) is 9.34. The monoisotopic (exact) mass is 381 g/mol. The van der Waals surface area contributed by atoms with Gasteiger partial charge in [0.15, 0.2) is 11.5 Å². The van der Waals surface area contributed by atoms with Crippen LogP contribution in [0.5, 0.6) is 5.75 Å². The maximum atomic E-state index is 12.4. The van der Waals surface area contributed by atoms with Crippen molar-refractivity contribution in [2.45, 2.75) is 38.5 Å².